The number of likely N-dealkylation sites (tertiary alicyclic amines) is 1. The summed E-state index contributed by atoms with van der Waals surface area (Å²) in [5.74, 6) is 5.59. The van der Waals surface area contributed by atoms with Crippen LogP contribution >= 0.6 is 11.3 Å². The summed E-state index contributed by atoms with van der Waals surface area (Å²) in [5, 5.41) is 0.891. The Morgan fingerprint density at radius 1 is 1.41 bits per heavy atom. The maximum absolute atomic E-state index is 12.4. The minimum atomic E-state index is -0.454. The Hall–Kier alpha value is -1.07. The van der Waals surface area contributed by atoms with Crippen LogP contribution in [-0.4, -0.2) is 23.9 Å². The number of nitrogens with one attached hydrogen (secondary N) is 1. The summed E-state index contributed by atoms with van der Waals surface area (Å²) < 4.78 is 0. The molecule has 0 unspecified atom stereocenters. The lowest BCUT2D eigenvalue weighted by Crippen LogP contribution is -2.41. The molecule has 3 N–H and O–H groups in total. The molecule has 1 aromatic rings. The van der Waals surface area contributed by atoms with Gasteiger partial charge in [-0.1, -0.05) is 0 Å². The van der Waals surface area contributed by atoms with Crippen molar-refractivity contribution in [1.29, 1.82) is 0 Å². The van der Waals surface area contributed by atoms with Crippen LogP contribution in [0.3, 0.4) is 0 Å². The number of thiophene rings is 1. The van der Waals surface area contributed by atoms with Gasteiger partial charge in [-0.3, -0.25) is 4.79 Å². The van der Waals surface area contributed by atoms with Gasteiger partial charge in [-0.05, 0) is 38.8 Å². The fourth-order valence-corrected chi connectivity index (χ4v) is 3.08. The highest BCUT2D eigenvalue weighted by Gasteiger charge is 2.35. The number of carbonyl (C=O) groups is 1. The van der Waals surface area contributed by atoms with E-state index in [9.17, 15) is 4.79 Å². The van der Waals surface area contributed by atoms with E-state index in [2.05, 4.69) is 5.43 Å². The summed E-state index contributed by atoms with van der Waals surface area (Å²) in [7, 11) is 0. The van der Waals surface area contributed by atoms with E-state index in [0.717, 1.165) is 35.8 Å². The van der Waals surface area contributed by atoms with Gasteiger partial charge < -0.3 is 10.3 Å². The highest BCUT2D eigenvalue weighted by molar-refractivity contribution is 7.16. The molecule has 1 fully saturated rings. The number of rotatable bonds is 3. The van der Waals surface area contributed by atoms with Crippen LogP contribution < -0.4 is 11.3 Å². The molecule has 1 aliphatic heterocycles. The minimum absolute atomic E-state index is 0.223. The van der Waals surface area contributed by atoms with Crippen molar-refractivity contribution in [3.63, 3.8) is 0 Å². The minimum Gasteiger partial charge on any atom is -0.342 e. The Labute approximate surface area is 106 Å². The Balaban J connectivity index is 2.19. The molecule has 0 bridgehead atoms. The van der Waals surface area contributed by atoms with Crippen LogP contribution in [0, 0.1) is 0 Å². The van der Waals surface area contributed by atoms with Gasteiger partial charge in [0, 0.05) is 18.0 Å². The number of hydrogen-bond acceptors (Lipinski definition) is 4. The van der Waals surface area contributed by atoms with Crippen LogP contribution in [0.1, 0.15) is 31.6 Å². The monoisotopic (exact) mass is 253 g/mol. The molecule has 17 heavy (non-hydrogen) atoms. The SMILES string of the molecule is CC(C)(C(=O)N1CCCC1)c1ccc(NN)s1. The van der Waals surface area contributed by atoms with E-state index in [1.807, 2.05) is 30.9 Å². The van der Waals surface area contributed by atoms with E-state index in [-0.39, 0.29) is 5.91 Å². The van der Waals surface area contributed by atoms with Gasteiger partial charge in [0.25, 0.3) is 0 Å². The van der Waals surface area contributed by atoms with Crippen molar-refractivity contribution in [2.45, 2.75) is 32.1 Å². The first-order chi connectivity index (χ1) is 8.05. The zero-order chi connectivity index (χ0) is 12.5. The number of hydrazine groups is 1. The highest BCUT2D eigenvalue weighted by atomic mass is 32.1. The predicted octanol–water partition coefficient (Wildman–Crippen LogP) is 1.93. The van der Waals surface area contributed by atoms with E-state index in [0.29, 0.717) is 0 Å². The molecule has 0 radical (unpaired) electrons. The molecule has 1 aliphatic rings. The molecule has 94 valence electrons. The standard InChI is InChI=1S/C12H19N3OS/c1-12(2,9-5-6-10(14-13)17-9)11(16)15-7-3-4-8-15/h5-6,14H,3-4,7-8,13H2,1-2H3. The molecule has 0 spiro atoms. The number of nitrogens with zero attached hydrogens (tertiary/aromatic N) is 1. The lowest BCUT2D eigenvalue weighted by atomic mass is 9.90. The van der Waals surface area contributed by atoms with Crippen LogP contribution in [0.5, 0.6) is 0 Å². The average Bonchev–Trinajstić information content (AvgIpc) is 2.98. The molecule has 2 rings (SSSR count). The van der Waals surface area contributed by atoms with E-state index in [1.54, 1.807) is 11.3 Å². The number of amides is 1. The van der Waals surface area contributed by atoms with Gasteiger partial charge in [0.2, 0.25) is 5.91 Å². The van der Waals surface area contributed by atoms with Gasteiger partial charge in [0.05, 0.1) is 5.41 Å². The van der Waals surface area contributed by atoms with Crippen molar-refractivity contribution in [2.75, 3.05) is 18.5 Å². The van der Waals surface area contributed by atoms with Gasteiger partial charge in [0.15, 0.2) is 0 Å². The molecule has 1 amide bonds. The molecule has 0 saturated carbocycles. The Kier molecular flexibility index (Phi) is 3.40. The maximum atomic E-state index is 12.4. The summed E-state index contributed by atoms with van der Waals surface area (Å²) >= 11 is 1.54. The van der Waals surface area contributed by atoms with Gasteiger partial charge in [0.1, 0.15) is 5.00 Å². The van der Waals surface area contributed by atoms with E-state index in [4.69, 9.17) is 5.84 Å². The van der Waals surface area contributed by atoms with Crippen LogP contribution in [0.2, 0.25) is 0 Å². The van der Waals surface area contributed by atoms with Gasteiger partial charge >= 0.3 is 0 Å². The van der Waals surface area contributed by atoms with E-state index < -0.39 is 5.41 Å². The number of hydrogen-bond donors (Lipinski definition) is 2. The molecule has 2 heterocycles. The second-order valence-corrected chi connectivity index (χ2v) is 6.02. The van der Waals surface area contributed by atoms with E-state index >= 15 is 0 Å². The van der Waals surface area contributed by atoms with E-state index in [1.165, 1.54) is 0 Å². The molecule has 1 saturated heterocycles. The van der Waals surface area contributed by atoms with Crippen LogP contribution in [0.4, 0.5) is 5.00 Å². The van der Waals surface area contributed by atoms with Gasteiger partial charge in [-0.15, -0.1) is 11.3 Å². The lowest BCUT2D eigenvalue weighted by molar-refractivity contribution is -0.135. The summed E-state index contributed by atoms with van der Waals surface area (Å²) in [5.41, 5.74) is 2.17. The third kappa shape index (κ3) is 2.30. The fraction of sp³-hybridized carbons (Fsp3) is 0.583. The molecule has 5 heteroatoms. The summed E-state index contributed by atoms with van der Waals surface area (Å²) in [4.78, 5) is 15.5. The number of carbonyl (C=O) groups excluding carboxylic acids is 1. The highest BCUT2D eigenvalue weighted by Crippen LogP contribution is 2.34. The molecular weight excluding hydrogens is 234 g/mol. The Morgan fingerprint density at radius 3 is 2.59 bits per heavy atom. The van der Waals surface area contributed by atoms with Crippen LogP contribution in [-0.2, 0) is 10.2 Å². The first-order valence-electron chi connectivity index (χ1n) is 5.92. The summed E-state index contributed by atoms with van der Waals surface area (Å²) in [6.07, 6.45) is 2.25. The van der Waals surface area contributed by atoms with Crippen molar-refractivity contribution in [2.24, 2.45) is 5.84 Å². The van der Waals surface area contributed by atoms with Gasteiger partial charge in [-0.2, -0.15) is 0 Å². The van der Waals surface area contributed by atoms with Crippen molar-refractivity contribution in [3.05, 3.63) is 17.0 Å². The fourth-order valence-electron chi connectivity index (χ4n) is 2.17. The largest absolute Gasteiger partial charge is 0.342 e. The first-order valence-corrected chi connectivity index (χ1v) is 6.73. The number of nitrogens with two attached hydrogens (primary N) is 1. The second-order valence-electron chi connectivity index (χ2n) is 4.93. The van der Waals surface area contributed by atoms with Crippen molar-refractivity contribution in [3.8, 4) is 0 Å². The third-order valence-corrected chi connectivity index (χ3v) is 4.63. The second kappa shape index (κ2) is 4.66. The van der Waals surface area contributed by atoms with Crippen molar-refractivity contribution >= 4 is 22.2 Å². The molecule has 0 aliphatic carbocycles. The molecule has 0 aromatic carbocycles. The molecule has 0 atom stereocenters. The summed E-state index contributed by atoms with van der Waals surface area (Å²) in [6, 6.07) is 3.90. The molecular formula is C12H19N3OS. The first kappa shape index (κ1) is 12.4. The van der Waals surface area contributed by atoms with Crippen molar-refractivity contribution < 1.29 is 4.79 Å². The predicted molar refractivity (Wildman–Crippen MR) is 71.0 cm³/mol. The van der Waals surface area contributed by atoms with Crippen LogP contribution in [0.15, 0.2) is 12.1 Å². The third-order valence-electron chi connectivity index (χ3n) is 3.29. The zero-order valence-electron chi connectivity index (χ0n) is 10.3. The maximum Gasteiger partial charge on any atom is 0.233 e. The zero-order valence-corrected chi connectivity index (χ0v) is 11.1. The lowest BCUT2D eigenvalue weighted by Gasteiger charge is -2.28. The Bertz CT molecular complexity index is 408. The number of nitrogen functional groups attached to an aromatic ring is 1. The van der Waals surface area contributed by atoms with Gasteiger partial charge in [-0.25, -0.2) is 5.84 Å². The normalized spacial score (nSPS) is 16.3. The van der Waals surface area contributed by atoms with Crippen LogP contribution in [0.25, 0.3) is 0 Å². The molecule has 1 aromatic heterocycles. The quantitative estimate of drug-likeness (QED) is 0.639. The van der Waals surface area contributed by atoms with Crippen molar-refractivity contribution in [1.82, 2.24) is 4.90 Å². The number of anilines is 1. The summed E-state index contributed by atoms with van der Waals surface area (Å²) in [6.45, 7) is 5.77. The molecule has 4 nitrogen and oxygen atoms in total. The smallest absolute Gasteiger partial charge is 0.233 e. The Morgan fingerprint density at radius 2 is 2.06 bits per heavy atom. The average molecular weight is 253 g/mol. The topological polar surface area (TPSA) is 58.4 Å².